The number of rotatable bonds is 6. The van der Waals surface area contributed by atoms with Gasteiger partial charge in [0.1, 0.15) is 11.4 Å². The van der Waals surface area contributed by atoms with Crippen LogP contribution >= 0.6 is 11.6 Å². The number of nitrogens with zero attached hydrogens (tertiary/aromatic N) is 3. The van der Waals surface area contributed by atoms with E-state index < -0.39 is 23.1 Å². The van der Waals surface area contributed by atoms with Crippen LogP contribution in [0.2, 0.25) is 5.02 Å². The summed E-state index contributed by atoms with van der Waals surface area (Å²) < 4.78 is 36.2. The van der Waals surface area contributed by atoms with E-state index in [-0.39, 0.29) is 46.7 Å². The Bertz CT molecular complexity index is 1440. The number of ether oxygens (including phenoxy) is 1. The van der Waals surface area contributed by atoms with Crippen molar-refractivity contribution in [3.63, 3.8) is 0 Å². The van der Waals surface area contributed by atoms with Crippen molar-refractivity contribution in [3.8, 4) is 0 Å². The van der Waals surface area contributed by atoms with Crippen molar-refractivity contribution in [3.05, 3.63) is 82.1 Å². The number of carbonyl (C=O) groups is 2. The van der Waals surface area contributed by atoms with Crippen molar-refractivity contribution >= 4 is 29.3 Å². The zero-order valence-electron chi connectivity index (χ0n) is 21.0. The van der Waals surface area contributed by atoms with Gasteiger partial charge in [-0.25, -0.2) is 13.6 Å². The smallest absolute Gasteiger partial charge is 0.412 e. The summed E-state index contributed by atoms with van der Waals surface area (Å²) in [4.78, 5) is 27.6. The summed E-state index contributed by atoms with van der Waals surface area (Å²) in [6, 6.07) is 8.85. The summed E-state index contributed by atoms with van der Waals surface area (Å²) in [6.07, 6.45) is 5.75. The Hall–Kier alpha value is -3.50. The molecule has 0 unspecified atom stereocenters. The first-order chi connectivity index (χ1) is 18.7. The number of hydrogen-bond acceptors (Lipinski definition) is 5. The number of aromatic nitrogens is 2. The van der Waals surface area contributed by atoms with Gasteiger partial charge in [0.25, 0.3) is 5.91 Å². The molecule has 1 aromatic heterocycles. The van der Waals surface area contributed by atoms with E-state index in [0.29, 0.717) is 37.3 Å². The van der Waals surface area contributed by atoms with Crippen LogP contribution in [0.1, 0.15) is 53.6 Å². The molecule has 1 spiro atoms. The first kappa shape index (κ1) is 25.8. The maximum Gasteiger partial charge on any atom is 0.412 e. The summed E-state index contributed by atoms with van der Waals surface area (Å²) in [6.45, 7) is 0.0380. The summed E-state index contributed by atoms with van der Waals surface area (Å²) in [7, 11) is 0. The zero-order valence-corrected chi connectivity index (χ0v) is 21.8. The fraction of sp³-hybridized carbons (Fsp3) is 0.393. The fourth-order valence-electron chi connectivity index (χ4n) is 5.93. The molecule has 3 aromatic rings. The molecule has 39 heavy (non-hydrogen) atoms. The van der Waals surface area contributed by atoms with Crippen LogP contribution in [-0.4, -0.2) is 51.5 Å². The maximum atomic E-state index is 15.2. The summed E-state index contributed by atoms with van der Waals surface area (Å²) >= 11 is 6.06. The van der Waals surface area contributed by atoms with Crippen LogP contribution in [0.25, 0.3) is 0 Å². The number of benzene rings is 2. The molecule has 1 aliphatic carbocycles. The van der Waals surface area contributed by atoms with Crippen molar-refractivity contribution in [2.45, 2.75) is 43.2 Å². The monoisotopic (exact) mass is 556 g/mol. The third kappa shape index (κ3) is 4.45. The molecule has 2 N–H and O–H groups in total. The minimum atomic E-state index is -1.38. The number of hydrogen-bond donors (Lipinski definition) is 2. The van der Waals surface area contributed by atoms with E-state index in [1.54, 1.807) is 23.0 Å². The van der Waals surface area contributed by atoms with Gasteiger partial charge in [0.2, 0.25) is 0 Å². The molecule has 2 aliphatic heterocycles. The van der Waals surface area contributed by atoms with Crippen molar-refractivity contribution in [2.24, 2.45) is 5.92 Å². The van der Waals surface area contributed by atoms with Crippen LogP contribution in [0.3, 0.4) is 0 Å². The highest BCUT2D eigenvalue weighted by atomic mass is 35.5. The summed E-state index contributed by atoms with van der Waals surface area (Å²) in [5.41, 5.74) is -0.978. The molecule has 1 saturated carbocycles. The molecule has 0 bridgehead atoms. The van der Waals surface area contributed by atoms with Crippen molar-refractivity contribution in [1.82, 2.24) is 14.7 Å². The molecule has 8 nitrogen and oxygen atoms in total. The number of halogens is 3. The Balaban J connectivity index is 1.32. The highest BCUT2D eigenvalue weighted by molar-refractivity contribution is 6.31. The summed E-state index contributed by atoms with van der Waals surface area (Å²) in [5.74, 6) is -1.05. The average Bonchev–Trinajstić information content (AvgIpc) is 3.60. The Labute approximate surface area is 228 Å². The normalized spacial score (nSPS) is 22.2. The molecule has 2 aromatic carbocycles. The predicted molar refractivity (Wildman–Crippen MR) is 138 cm³/mol. The molecule has 1 saturated heterocycles. The second kappa shape index (κ2) is 9.60. The molecule has 204 valence electrons. The van der Waals surface area contributed by atoms with Gasteiger partial charge in [-0.15, -0.1) is 0 Å². The number of aliphatic hydroxyl groups is 1. The second-order valence-electron chi connectivity index (χ2n) is 10.6. The van der Waals surface area contributed by atoms with Gasteiger partial charge in [0.05, 0.1) is 41.2 Å². The quantitative estimate of drug-likeness (QED) is 0.443. The number of piperidine rings is 1. The third-order valence-electron chi connectivity index (χ3n) is 8.05. The van der Waals surface area contributed by atoms with E-state index >= 15 is 4.39 Å². The number of aliphatic hydroxyl groups excluding tert-OH is 1. The van der Waals surface area contributed by atoms with Crippen molar-refractivity contribution < 1.29 is 28.2 Å². The Morgan fingerprint density at radius 3 is 2.72 bits per heavy atom. The number of fused-ring (bicyclic) bond motifs is 2. The van der Waals surface area contributed by atoms with Gasteiger partial charge in [-0.3, -0.25) is 14.8 Å². The van der Waals surface area contributed by atoms with Gasteiger partial charge < -0.3 is 14.7 Å². The number of amides is 2. The molecule has 6 rings (SSSR count). The van der Waals surface area contributed by atoms with E-state index in [4.69, 9.17) is 16.3 Å². The Kier molecular flexibility index (Phi) is 6.34. The van der Waals surface area contributed by atoms with E-state index in [0.717, 1.165) is 12.8 Å². The first-order valence-electron chi connectivity index (χ1n) is 12.9. The van der Waals surface area contributed by atoms with Crippen LogP contribution < -0.4 is 5.32 Å². The van der Waals surface area contributed by atoms with Crippen molar-refractivity contribution in [2.75, 3.05) is 25.0 Å². The molecule has 2 atom stereocenters. The molecular formula is C28H27ClF2N4O4. The SMILES string of the molecule is O=C1Nc2ccc(Cl)c(F)c2[C@@]2(CCCN(C(=O)c3cnn([C@](CO)(CC4CC4)c4ccc(F)cc4)c3)C2)O1. The van der Waals surface area contributed by atoms with Gasteiger partial charge in [-0.05, 0) is 55.0 Å². The minimum absolute atomic E-state index is 0.0557. The van der Waals surface area contributed by atoms with Gasteiger partial charge >= 0.3 is 6.09 Å². The maximum absolute atomic E-state index is 15.2. The lowest BCUT2D eigenvalue weighted by Gasteiger charge is -2.45. The first-order valence-corrected chi connectivity index (χ1v) is 13.3. The Morgan fingerprint density at radius 1 is 1.23 bits per heavy atom. The lowest BCUT2D eigenvalue weighted by Crippen LogP contribution is -2.53. The average molecular weight is 557 g/mol. The number of anilines is 1. The Morgan fingerprint density at radius 2 is 2.00 bits per heavy atom. The standard InChI is InChI=1S/C28H27ClF2N4O4/c29-21-8-9-22-23(24(21)31)28(39-26(38)33-22)10-1-11-34(15-28)25(37)18-13-32-35(14-18)27(16-36,12-17-2-3-17)19-4-6-20(30)7-5-19/h4-9,13-14,17,36H,1-3,10-12,15-16H2,(H,33,38)/t27-,28-/m0/s1. The third-order valence-corrected chi connectivity index (χ3v) is 8.34. The lowest BCUT2D eigenvalue weighted by atomic mass is 9.83. The van der Waals surface area contributed by atoms with Crippen LogP contribution in [0.15, 0.2) is 48.8 Å². The highest BCUT2D eigenvalue weighted by Gasteiger charge is 2.49. The zero-order chi connectivity index (χ0) is 27.4. The second-order valence-corrected chi connectivity index (χ2v) is 11.0. The van der Waals surface area contributed by atoms with Crippen LogP contribution in [0.5, 0.6) is 0 Å². The molecule has 3 aliphatic rings. The minimum Gasteiger partial charge on any atom is -0.436 e. The van der Waals surface area contributed by atoms with Crippen LogP contribution in [0, 0.1) is 17.6 Å². The van der Waals surface area contributed by atoms with Gasteiger partial charge in [-0.2, -0.15) is 5.10 Å². The number of nitrogens with one attached hydrogen (secondary N) is 1. The molecule has 3 heterocycles. The number of likely N-dealkylation sites (tertiary alicyclic amines) is 1. The van der Waals surface area contributed by atoms with E-state index in [9.17, 15) is 19.1 Å². The van der Waals surface area contributed by atoms with Gasteiger partial charge in [-0.1, -0.05) is 36.6 Å². The molecule has 0 radical (unpaired) electrons. The topological polar surface area (TPSA) is 96.7 Å². The number of carbonyl (C=O) groups excluding carboxylic acids is 2. The van der Waals surface area contributed by atoms with E-state index in [1.165, 1.54) is 35.4 Å². The summed E-state index contributed by atoms with van der Waals surface area (Å²) in [5, 5.41) is 17.5. The molecule has 2 amide bonds. The highest BCUT2D eigenvalue weighted by Crippen LogP contribution is 2.46. The molecule has 2 fully saturated rings. The van der Waals surface area contributed by atoms with Gasteiger partial charge in [0, 0.05) is 12.7 Å². The van der Waals surface area contributed by atoms with E-state index in [1.807, 2.05) is 0 Å². The van der Waals surface area contributed by atoms with Crippen LogP contribution in [0.4, 0.5) is 19.3 Å². The van der Waals surface area contributed by atoms with Crippen molar-refractivity contribution in [1.29, 1.82) is 0 Å². The molecule has 11 heteroatoms. The van der Waals surface area contributed by atoms with Gasteiger partial charge in [0.15, 0.2) is 11.4 Å². The van der Waals surface area contributed by atoms with E-state index in [2.05, 4.69) is 10.4 Å². The molecular weight excluding hydrogens is 530 g/mol. The fourth-order valence-corrected chi connectivity index (χ4v) is 6.09. The lowest BCUT2D eigenvalue weighted by molar-refractivity contribution is -0.0418. The van der Waals surface area contributed by atoms with Crippen LogP contribution in [-0.2, 0) is 15.9 Å². The largest absolute Gasteiger partial charge is 0.436 e. The predicted octanol–water partition coefficient (Wildman–Crippen LogP) is 5.04.